The zero-order valence-corrected chi connectivity index (χ0v) is 12.8. The first kappa shape index (κ1) is 13.9. The summed E-state index contributed by atoms with van der Waals surface area (Å²) >= 11 is 1.90. The fourth-order valence-corrected chi connectivity index (χ4v) is 4.70. The number of hydrogen-bond donors (Lipinski definition) is 1. The van der Waals surface area contributed by atoms with E-state index >= 15 is 0 Å². The third kappa shape index (κ3) is 2.13. The lowest BCUT2D eigenvalue weighted by Gasteiger charge is -2.46. The van der Waals surface area contributed by atoms with E-state index in [-0.39, 0.29) is 11.6 Å². The second kappa shape index (κ2) is 5.04. The highest BCUT2D eigenvalue weighted by Crippen LogP contribution is 2.46. The van der Waals surface area contributed by atoms with Crippen molar-refractivity contribution >= 4 is 17.4 Å². The van der Waals surface area contributed by atoms with Gasteiger partial charge >= 0.3 is 6.09 Å². The molecule has 0 aliphatic carbocycles. The van der Waals surface area contributed by atoms with Crippen molar-refractivity contribution in [2.75, 3.05) is 13.2 Å². The summed E-state index contributed by atoms with van der Waals surface area (Å²) in [5.74, 6) is 0. The van der Waals surface area contributed by atoms with E-state index in [9.17, 15) is 9.90 Å². The van der Waals surface area contributed by atoms with E-state index in [1.165, 1.54) is 20.2 Å². The third-order valence-electron chi connectivity index (χ3n) is 4.57. The molecule has 110 valence electrons. The van der Waals surface area contributed by atoms with Gasteiger partial charge in [0, 0.05) is 35.2 Å². The SMILES string of the molecule is CCc1cc2c(s1)CCO[C@@]21CCN(C(=O)O)[C@@H](C)C1. The van der Waals surface area contributed by atoms with Gasteiger partial charge in [-0.3, -0.25) is 0 Å². The molecule has 0 radical (unpaired) electrons. The quantitative estimate of drug-likeness (QED) is 0.865. The minimum Gasteiger partial charge on any atom is -0.465 e. The van der Waals surface area contributed by atoms with Gasteiger partial charge in [0.2, 0.25) is 0 Å². The molecule has 1 spiro atoms. The van der Waals surface area contributed by atoms with Crippen molar-refractivity contribution in [3.8, 4) is 0 Å². The van der Waals surface area contributed by atoms with Crippen LogP contribution < -0.4 is 0 Å². The van der Waals surface area contributed by atoms with Crippen molar-refractivity contribution in [1.29, 1.82) is 0 Å². The maximum atomic E-state index is 11.2. The monoisotopic (exact) mass is 295 g/mol. The molecule has 4 nitrogen and oxygen atoms in total. The largest absolute Gasteiger partial charge is 0.465 e. The normalized spacial score (nSPS) is 29.5. The Bertz CT molecular complexity index is 527. The highest BCUT2D eigenvalue weighted by atomic mass is 32.1. The van der Waals surface area contributed by atoms with Gasteiger partial charge in [0.15, 0.2) is 0 Å². The molecule has 20 heavy (non-hydrogen) atoms. The highest BCUT2D eigenvalue weighted by Gasteiger charge is 2.45. The zero-order valence-electron chi connectivity index (χ0n) is 12.0. The molecule has 2 aliphatic heterocycles. The average Bonchev–Trinajstić information content (AvgIpc) is 2.83. The first-order chi connectivity index (χ1) is 9.55. The zero-order chi connectivity index (χ0) is 14.3. The van der Waals surface area contributed by atoms with E-state index in [0.717, 1.165) is 32.3 Å². The van der Waals surface area contributed by atoms with Crippen molar-refractivity contribution in [3.05, 3.63) is 21.4 Å². The van der Waals surface area contributed by atoms with Crippen LogP contribution in [0, 0.1) is 0 Å². The summed E-state index contributed by atoms with van der Waals surface area (Å²) in [6.07, 6.45) is 2.79. The molecule has 2 aliphatic rings. The molecule has 1 aromatic rings. The highest BCUT2D eigenvalue weighted by molar-refractivity contribution is 7.12. The molecule has 0 unspecified atom stereocenters. The molecule has 0 saturated carbocycles. The molecule has 2 atom stereocenters. The molecule has 0 bridgehead atoms. The Morgan fingerprint density at radius 2 is 2.45 bits per heavy atom. The maximum Gasteiger partial charge on any atom is 0.407 e. The van der Waals surface area contributed by atoms with Gasteiger partial charge in [0.25, 0.3) is 0 Å². The van der Waals surface area contributed by atoms with Crippen LogP contribution in [-0.2, 0) is 23.2 Å². The molecular formula is C15H21NO3S. The van der Waals surface area contributed by atoms with Crippen LogP contribution >= 0.6 is 11.3 Å². The number of likely N-dealkylation sites (tertiary alicyclic amines) is 1. The molecule has 3 heterocycles. The van der Waals surface area contributed by atoms with Crippen LogP contribution in [0.1, 0.15) is 42.0 Å². The number of nitrogens with zero attached hydrogens (tertiary/aromatic N) is 1. The van der Waals surface area contributed by atoms with Crippen molar-refractivity contribution in [2.45, 2.75) is 51.2 Å². The van der Waals surface area contributed by atoms with Gasteiger partial charge in [-0.1, -0.05) is 6.92 Å². The Labute approximate surface area is 123 Å². The van der Waals surface area contributed by atoms with E-state index in [1.54, 1.807) is 0 Å². The third-order valence-corrected chi connectivity index (χ3v) is 5.91. The lowest BCUT2D eigenvalue weighted by Crippen LogP contribution is -2.52. The number of piperidine rings is 1. The van der Waals surface area contributed by atoms with E-state index < -0.39 is 6.09 Å². The summed E-state index contributed by atoms with van der Waals surface area (Å²) in [7, 11) is 0. The number of fused-ring (bicyclic) bond motifs is 2. The predicted molar refractivity (Wildman–Crippen MR) is 78.5 cm³/mol. The molecule has 1 aromatic heterocycles. The number of amides is 1. The summed E-state index contributed by atoms with van der Waals surface area (Å²) < 4.78 is 6.18. The molecule has 1 fully saturated rings. The summed E-state index contributed by atoms with van der Waals surface area (Å²) in [4.78, 5) is 15.6. The van der Waals surface area contributed by atoms with Crippen molar-refractivity contribution < 1.29 is 14.6 Å². The van der Waals surface area contributed by atoms with Crippen molar-refractivity contribution in [1.82, 2.24) is 4.90 Å². The second-order valence-corrected chi connectivity index (χ2v) is 7.00. The summed E-state index contributed by atoms with van der Waals surface area (Å²) in [6.45, 7) is 5.49. The van der Waals surface area contributed by atoms with Gasteiger partial charge < -0.3 is 14.7 Å². The van der Waals surface area contributed by atoms with Gasteiger partial charge in [-0.15, -0.1) is 11.3 Å². The molecule has 1 amide bonds. The molecular weight excluding hydrogens is 274 g/mol. The van der Waals surface area contributed by atoms with Crippen LogP contribution in [-0.4, -0.2) is 35.3 Å². The Balaban J connectivity index is 1.91. The Morgan fingerprint density at radius 1 is 1.65 bits per heavy atom. The minimum absolute atomic E-state index is 0.0113. The number of carbonyl (C=O) groups is 1. The van der Waals surface area contributed by atoms with E-state index in [0.29, 0.717) is 6.54 Å². The minimum atomic E-state index is -0.817. The summed E-state index contributed by atoms with van der Waals surface area (Å²) in [5.41, 5.74) is 1.09. The smallest absolute Gasteiger partial charge is 0.407 e. The Hall–Kier alpha value is -1.07. The number of hydrogen-bond acceptors (Lipinski definition) is 3. The van der Waals surface area contributed by atoms with Gasteiger partial charge in [-0.25, -0.2) is 4.79 Å². The van der Waals surface area contributed by atoms with Crippen LogP contribution in [0.15, 0.2) is 6.07 Å². The fourth-order valence-electron chi connectivity index (χ4n) is 3.52. The molecule has 1 saturated heterocycles. The first-order valence-electron chi connectivity index (χ1n) is 7.31. The van der Waals surface area contributed by atoms with Crippen molar-refractivity contribution in [2.24, 2.45) is 0 Å². The van der Waals surface area contributed by atoms with Crippen LogP contribution in [0.5, 0.6) is 0 Å². The van der Waals surface area contributed by atoms with E-state index in [4.69, 9.17) is 4.74 Å². The molecule has 3 rings (SSSR count). The molecule has 0 aromatic carbocycles. The Kier molecular flexibility index (Phi) is 3.50. The van der Waals surface area contributed by atoms with Gasteiger partial charge in [0.1, 0.15) is 0 Å². The van der Waals surface area contributed by atoms with Crippen molar-refractivity contribution in [3.63, 3.8) is 0 Å². The topological polar surface area (TPSA) is 49.8 Å². The van der Waals surface area contributed by atoms with Crippen LogP contribution in [0.25, 0.3) is 0 Å². The average molecular weight is 295 g/mol. The van der Waals surface area contributed by atoms with E-state index in [2.05, 4.69) is 13.0 Å². The Morgan fingerprint density at radius 3 is 3.10 bits per heavy atom. The standard InChI is InChI=1S/C15H21NO3S/c1-3-11-8-12-13(20-11)4-7-19-15(12)5-6-16(14(17)18)10(2)9-15/h8,10H,3-7,9H2,1-2H3,(H,17,18)/t10-,15+/m0/s1. The second-order valence-electron chi connectivity index (χ2n) is 5.77. The predicted octanol–water partition coefficient (Wildman–Crippen LogP) is 3.24. The summed E-state index contributed by atoms with van der Waals surface area (Å²) in [6, 6.07) is 2.31. The van der Waals surface area contributed by atoms with Gasteiger partial charge in [0.05, 0.1) is 12.2 Å². The lowest BCUT2D eigenvalue weighted by atomic mass is 9.79. The fraction of sp³-hybridized carbons (Fsp3) is 0.667. The van der Waals surface area contributed by atoms with Crippen LogP contribution in [0.2, 0.25) is 0 Å². The number of rotatable bonds is 1. The lowest BCUT2D eigenvalue weighted by molar-refractivity contribution is -0.106. The molecule has 5 heteroatoms. The summed E-state index contributed by atoms with van der Waals surface area (Å²) in [5, 5.41) is 9.22. The maximum absolute atomic E-state index is 11.2. The van der Waals surface area contributed by atoms with Gasteiger partial charge in [-0.2, -0.15) is 0 Å². The first-order valence-corrected chi connectivity index (χ1v) is 8.13. The van der Waals surface area contributed by atoms with E-state index in [1.807, 2.05) is 18.3 Å². The number of thiophene rings is 1. The van der Waals surface area contributed by atoms with Crippen LogP contribution in [0.3, 0.4) is 0 Å². The number of carboxylic acid groups (broad SMARTS) is 1. The van der Waals surface area contributed by atoms with Gasteiger partial charge in [-0.05, 0) is 31.4 Å². The van der Waals surface area contributed by atoms with Crippen LogP contribution in [0.4, 0.5) is 4.79 Å². The number of aryl methyl sites for hydroxylation is 1. The number of ether oxygens (including phenoxy) is 1. The molecule has 1 N–H and O–H groups in total.